The molecule has 19 heavy (non-hydrogen) atoms. The molecule has 7 heteroatoms. The van der Waals surface area contributed by atoms with Crippen molar-refractivity contribution in [3.63, 3.8) is 0 Å². The summed E-state index contributed by atoms with van der Waals surface area (Å²) >= 11 is 5.87. The van der Waals surface area contributed by atoms with Crippen molar-refractivity contribution in [3.8, 4) is 0 Å². The van der Waals surface area contributed by atoms with Crippen molar-refractivity contribution in [2.24, 2.45) is 0 Å². The highest BCUT2D eigenvalue weighted by molar-refractivity contribution is 6.30. The number of halogens is 1. The lowest BCUT2D eigenvalue weighted by Crippen LogP contribution is -2.02. The summed E-state index contributed by atoms with van der Waals surface area (Å²) in [6.45, 7) is 0. The Balaban J connectivity index is 2.39. The minimum absolute atomic E-state index is 0.0982. The minimum Gasteiger partial charge on any atom is -0.373 e. The number of nitrogens with one attached hydrogen (secondary N) is 2. The number of rotatable bonds is 4. The van der Waals surface area contributed by atoms with Gasteiger partial charge >= 0.3 is 5.69 Å². The molecule has 98 valence electrons. The van der Waals surface area contributed by atoms with Crippen LogP contribution in [0.4, 0.5) is 23.0 Å². The van der Waals surface area contributed by atoms with Crippen LogP contribution in [-0.4, -0.2) is 17.0 Å². The van der Waals surface area contributed by atoms with Gasteiger partial charge in [-0.25, -0.2) is 4.98 Å². The number of aromatic nitrogens is 1. The normalized spacial score (nSPS) is 10.0. The third kappa shape index (κ3) is 3.11. The summed E-state index contributed by atoms with van der Waals surface area (Å²) in [7, 11) is 1.69. The van der Waals surface area contributed by atoms with Gasteiger partial charge in [0.25, 0.3) is 0 Å². The van der Waals surface area contributed by atoms with Crippen molar-refractivity contribution in [1.82, 2.24) is 4.98 Å². The second-order valence-electron chi connectivity index (χ2n) is 3.71. The fourth-order valence-corrected chi connectivity index (χ4v) is 1.72. The zero-order chi connectivity index (χ0) is 13.8. The number of anilines is 3. The van der Waals surface area contributed by atoms with Gasteiger partial charge in [0.1, 0.15) is 5.82 Å². The highest BCUT2D eigenvalue weighted by atomic mass is 35.5. The molecule has 0 atom stereocenters. The van der Waals surface area contributed by atoms with Crippen LogP contribution in [0.15, 0.2) is 36.4 Å². The number of nitro groups is 1. The lowest BCUT2D eigenvalue weighted by atomic mass is 10.3. The van der Waals surface area contributed by atoms with Gasteiger partial charge < -0.3 is 10.6 Å². The van der Waals surface area contributed by atoms with Gasteiger partial charge in [-0.2, -0.15) is 0 Å². The molecule has 1 heterocycles. The fourth-order valence-electron chi connectivity index (χ4n) is 1.53. The molecule has 0 saturated carbocycles. The average molecular weight is 279 g/mol. The van der Waals surface area contributed by atoms with E-state index in [9.17, 15) is 10.1 Å². The van der Waals surface area contributed by atoms with Gasteiger partial charge in [-0.05, 0) is 24.3 Å². The summed E-state index contributed by atoms with van der Waals surface area (Å²) in [5.74, 6) is 0.703. The smallest absolute Gasteiger partial charge is 0.311 e. The quantitative estimate of drug-likeness (QED) is 0.661. The predicted octanol–water partition coefficient (Wildman–Crippen LogP) is 3.43. The van der Waals surface area contributed by atoms with E-state index < -0.39 is 4.92 Å². The Morgan fingerprint density at radius 3 is 2.74 bits per heavy atom. The predicted molar refractivity (Wildman–Crippen MR) is 75.2 cm³/mol. The zero-order valence-corrected chi connectivity index (χ0v) is 10.8. The highest BCUT2D eigenvalue weighted by Gasteiger charge is 2.16. The van der Waals surface area contributed by atoms with Crippen LogP contribution in [0, 0.1) is 10.1 Å². The van der Waals surface area contributed by atoms with E-state index in [4.69, 9.17) is 11.6 Å². The van der Waals surface area contributed by atoms with Crippen molar-refractivity contribution >= 4 is 34.6 Å². The Morgan fingerprint density at radius 1 is 1.32 bits per heavy atom. The molecule has 0 fully saturated rings. The van der Waals surface area contributed by atoms with Crippen molar-refractivity contribution in [1.29, 1.82) is 0 Å². The Bertz CT molecular complexity index is 618. The van der Waals surface area contributed by atoms with Crippen molar-refractivity contribution in [3.05, 3.63) is 51.5 Å². The van der Waals surface area contributed by atoms with Crippen LogP contribution in [0.1, 0.15) is 0 Å². The maximum absolute atomic E-state index is 11.0. The third-order valence-corrected chi connectivity index (χ3v) is 2.65. The molecule has 0 aliphatic rings. The largest absolute Gasteiger partial charge is 0.373 e. The molecule has 0 saturated heterocycles. The van der Waals surface area contributed by atoms with Crippen LogP contribution in [0.5, 0.6) is 0 Å². The Hall–Kier alpha value is -2.34. The molecule has 0 unspecified atom stereocenters. The fraction of sp³-hybridized carbons (Fsp3) is 0.0833. The maximum Gasteiger partial charge on any atom is 0.311 e. The number of pyridine rings is 1. The first-order valence-electron chi connectivity index (χ1n) is 5.46. The van der Waals surface area contributed by atoms with E-state index in [2.05, 4.69) is 15.6 Å². The van der Waals surface area contributed by atoms with Crippen LogP contribution in [0.2, 0.25) is 5.02 Å². The first-order chi connectivity index (χ1) is 9.10. The number of hydrogen-bond donors (Lipinski definition) is 2. The number of benzene rings is 1. The van der Waals surface area contributed by atoms with E-state index >= 15 is 0 Å². The monoisotopic (exact) mass is 278 g/mol. The summed E-state index contributed by atoms with van der Waals surface area (Å²) in [5.41, 5.74) is 0.537. The molecule has 0 aliphatic heterocycles. The van der Waals surface area contributed by atoms with Gasteiger partial charge in [0.15, 0.2) is 0 Å². The Kier molecular flexibility index (Phi) is 3.82. The van der Waals surface area contributed by atoms with Gasteiger partial charge in [-0.3, -0.25) is 10.1 Å². The Morgan fingerprint density at radius 2 is 2.11 bits per heavy atom. The minimum atomic E-state index is -0.487. The molecule has 0 amide bonds. The average Bonchev–Trinajstić information content (AvgIpc) is 2.38. The van der Waals surface area contributed by atoms with Gasteiger partial charge in [-0.15, -0.1) is 0 Å². The standard InChI is InChI=1S/C12H11ClN4O2/c1-14-11-6-5-10(17(18)19)12(16-11)15-9-4-2-3-8(13)7-9/h2-7H,1H3,(H2,14,15,16). The lowest BCUT2D eigenvalue weighted by Gasteiger charge is -2.08. The van der Waals surface area contributed by atoms with Gasteiger partial charge in [-0.1, -0.05) is 17.7 Å². The van der Waals surface area contributed by atoms with Gasteiger partial charge in [0.05, 0.1) is 4.92 Å². The molecule has 1 aromatic heterocycles. The van der Waals surface area contributed by atoms with E-state index in [-0.39, 0.29) is 11.5 Å². The zero-order valence-electron chi connectivity index (χ0n) is 10.1. The van der Waals surface area contributed by atoms with E-state index in [0.29, 0.717) is 16.5 Å². The second kappa shape index (κ2) is 5.53. The maximum atomic E-state index is 11.0. The molecule has 6 nitrogen and oxygen atoms in total. The SMILES string of the molecule is CNc1ccc([N+](=O)[O-])c(Nc2cccc(Cl)c2)n1. The van der Waals surface area contributed by atoms with Crippen LogP contribution < -0.4 is 10.6 Å². The molecule has 0 aliphatic carbocycles. The summed E-state index contributed by atoms with van der Waals surface area (Å²) in [6.07, 6.45) is 0. The third-order valence-electron chi connectivity index (χ3n) is 2.41. The summed E-state index contributed by atoms with van der Waals surface area (Å²) < 4.78 is 0. The van der Waals surface area contributed by atoms with Gasteiger partial charge in [0, 0.05) is 23.8 Å². The molecule has 2 aromatic rings. The van der Waals surface area contributed by atoms with Crippen molar-refractivity contribution < 1.29 is 4.92 Å². The van der Waals surface area contributed by atoms with E-state index in [1.807, 2.05) is 0 Å². The van der Waals surface area contributed by atoms with E-state index in [0.717, 1.165) is 0 Å². The first-order valence-corrected chi connectivity index (χ1v) is 5.83. The molecule has 2 rings (SSSR count). The number of hydrogen-bond acceptors (Lipinski definition) is 5. The summed E-state index contributed by atoms with van der Waals surface area (Å²) in [5, 5.41) is 17.2. The molecule has 2 N–H and O–H groups in total. The Labute approximate surface area is 114 Å². The van der Waals surface area contributed by atoms with E-state index in [1.54, 1.807) is 37.4 Å². The molecule has 1 aromatic carbocycles. The van der Waals surface area contributed by atoms with Crippen LogP contribution in [0.3, 0.4) is 0 Å². The first kappa shape index (κ1) is 13.1. The van der Waals surface area contributed by atoms with Crippen molar-refractivity contribution in [2.45, 2.75) is 0 Å². The van der Waals surface area contributed by atoms with Crippen LogP contribution >= 0.6 is 11.6 Å². The topological polar surface area (TPSA) is 80.1 Å². The molecular weight excluding hydrogens is 268 g/mol. The second-order valence-corrected chi connectivity index (χ2v) is 4.14. The summed E-state index contributed by atoms with van der Waals surface area (Å²) in [6, 6.07) is 9.83. The molecular formula is C12H11ClN4O2. The summed E-state index contributed by atoms with van der Waals surface area (Å²) in [4.78, 5) is 14.6. The lowest BCUT2D eigenvalue weighted by molar-refractivity contribution is -0.384. The van der Waals surface area contributed by atoms with Crippen LogP contribution in [0.25, 0.3) is 0 Å². The van der Waals surface area contributed by atoms with Gasteiger partial charge in [0.2, 0.25) is 5.82 Å². The molecule has 0 radical (unpaired) electrons. The highest BCUT2D eigenvalue weighted by Crippen LogP contribution is 2.27. The number of nitrogens with zero attached hydrogens (tertiary/aromatic N) is 2. The van der Waals surface area contributed by atoms with Crippen molar-refractivity contribution in [2.75, 3.05) is 17.7 Å². The molecule has 0 bridgehead atoms. The van der Waals surface area contributed by atoms with E-state index in [1.165, 1.54) is 6.07 Å². The molecule has 0 spiro atoms. The van der Waals surface area contributed by atoms with Crippen LogP contribution in [-0.2, 0) is 0 Å².